The predicted octanol–water partition coefficient (Wildman–Crippen LogP) is 6.88. The Labute approximate surface area is 219 Å². The molecule has 1 unspecified atom stereocenters. The summed E-state index contributed by atoms with van der Waals surface area (Å²) in [6, 6.07) is 10.4. The largest absolute Gasteiger partial charge is 0.416 e. The van der Waals surface area contributed by atoms with E-state index in [1.54, 1.807) is 6.92 Å². The first-order valence-electron chi connectivity index (χ1n) is 11.9. The molecule has 4 rings (SSSR count). The number of carbonyl (C=O) groups excluding carboxylic acids is 2. The summed E-state index contributed by atoms with van der Waals surface area (Å²) in [5, 5.41) is 2.57. The molecule has 2 atom stereocenters. The predicted molar refractivity (Wildman–Crippen MR) is 140 cm³/mol. The summed E-state index contributed by atoms with van der Waals surface area (Å²) in [4.78, 5) is 33.7. The number of nitrogens with one attached hydrogen (secondary N) is 1. The van der Waals surface area contributed by atoms with E-state index in [9.17, 15) is 22.8 Å². The first-order chi connectivity index (χ1) is 17.2. The Balaban J connectivity index is 1.79. The smallest absolute Gasteiger partial charge is 0.378 e. The van der Waals surface area contributed by atoms with Gasteiger partial charge < -0.3 is 10.2 Å². The fourth-order valence-electron chi connectivity index (χ4n) is 5.13. The molecule has 5 nitrogen and oxygen atoms in total. The van der Waals surface area contributed by atoms with Gasteiger partial charge in [-0.2, -0.15) is 13.2 Å². The molecule has 0 aromatic heterocycles. The number of ketones is 1. The Morgan fingerprint density at radius 1 is 1.11 bits per heavy atom. The zero-order chi connectivity index (χ0) is 27.3. The van der Waals surface area contributed by atoms with Gasteiger partial charge in [-0.05, 0) is 54.7 Å². The fraction of sp³-hybridized carbons (Fsp3) is 0.393. The van der Waals surface area contributed by atoms with Crippen LogP contribution in [0.1, 0.15) is 50.7 Å². The van der Waals surface area contributed by atoms with E-state index in [0.29, 0.717) is 29.8 Å². The minimum atomic E-state index is -4.59. The van der Waals surface area contributed by atoms with Crippen LogP contribution in [0.15, 0.2) is 58.7 Å². The van der Waals surface area contributed by atoms with Crippen LogP contribution in [0.5, 0.6) is 0 Å². The number of halogens is 4. The molecule has 0 saturated heterocycles. The summed E-state index contributed by atoms with van der Waals surface area (Å²) < 4.78 is 39.9. The number of Topliss-reactive ketones (excluding diaryl/α,β-unsaturated/α-hetero) is 1. The molecule has 0 bridgehead atoms. The van der Waals surface area contributed by atoms with E-state index >= 15 is 0 Å². The molecule has 0 radical (unpaired) electrons. The third kappa shape index (κ3) is 5.44. The van der Waals surface area contributed by atoms with Crippen LogP contribution < -0.4 is 10.2 Å². The zero-order valence-corrected chi connectivity index (χ0v) is 22.1. The summed E-state index contributed by atoms with van der Waals surface area (Å²) >= 11 is 6.15. The summed E-state index contributed by atoms with van der Waals surface area (Å²) in [6.07, 6.45) is -3.68. The van der Waals surface area contributed by atoms with Gasteiger partial charge in [-0.15, -0.1) is 0 Å². The standard InChI is InChI=1S/C28H29ClF3N3O2/c1-15-23(26(37)34-20-12-17(28(30,31)32)8-11-19(20)29)24(16-6-9-18(10-7-16)35(4)5)25-21(33-15)13-27(2,3)14-22(25)36/h6-12,23-24H,13-14H2,1-5H3,(H,34,37)/t23?,24-/m0/s1. The van der Waals surface area contributed by atoms with Crippen molar-refractivity contribution in [3.05, 3.63) is 69.9 Å². The van der Waals surface area contributed by atoms with Gasteiger partial charge in [0.2, 0.25) is 5.91 Å². The number of rotatable bonds is 4. The Morgan fingerprint density at radius 2 is 1.76 bits per heavy atom. The van der Waals surface area contributed by atoms with Crippen LogP contribution in [-0.4, -0.2) is 31.5 Å². The average molecular weight is 532 g/mol. The monoisotopic (exact) mass is 531 g/mol. The summed E-state index contributed by atoms with van der Waals surface area (Å²) in [5.74, 6) is -2.18. The highest BCUT2D eigenvalue weighted by Crippen LogP contribution is 2.48. The Bertz CT molecular complexity index is 1310. The van der Waals surface area contributed by atoms with E-state index in [0.717, 1.165) is 29.4 Å². The van der Waals surface area contributed by atoms with Crippen molar-refractivity contribution in [1.29, 1.82) is 0 Å². The van der Waals surface area contributed by atoms with Gasteiger partial charge in [0, 0.05) is 49.1 Å². The van der Waals surface area contributed by atoms with Gasteiger partial charge in [0.1, 0.15) is 0 Å². The highest BCUT2D eigenvalue weighted by Gasteiger charge is 2.45. The minimum absolute atomic E-state index is 0.0194. The second kappa shape index (κ2) is 9.63. The number of carbonyl (C=O) groups is 2. The van der Waals surface area contributed by atoms with Crippen LogP contribution in [0, 0.1) is 11.3 Å². The number of amides is 1. The number of hydrogen-bond acceptors (Lipinski definition) is 4. The number of alkyl halides is 3. The molecule has 0 spiro atoms. The number of allylic oxidation sites excluding steroid dienone is 2. The molecule has 0 saturated carbocycles. The van der Waals surface area contributed by atoms with Crippen LogP contribution in [0.4, 0.5) is 24.5 Å². The number of anilines is 2. The summed E-state index contributed by atoms with van der Waals surface area (Å²) in [6.45, 7) is 5.73. The highest BCUT2D eigenvalue weighted by molar-refractivity contribution is 6.34. The molecule has 2 aromatic carbocycles. The SMILES string of the molecule is CC1=NC2=C(C(=O)CC(C)(C)C2)[C@@H](c2ccc(N(C)C)cc2)C1C(=O)Nc1cc(C(F)(F)F)ccc1Cl. The molecule has 196 valence electrons. The van der Waals surface area contributed by atoms with Gasteiger partial charge in [0.05, 0.1) is 22.2 Å². The number of benzene rings is 2. The maximum absolute atomic E-state index is 13.7. The third-order valence-electron chi connectivity index (χ3n) is 6.90. The number of hydrogen-bond donors (Lipinski definition) is 1. The number of nitrogens with zero attached hydrogens (tertiary/aromatic N) is 2. The van der Waals surface area contributed by atoms with Crippen LogP contribution in [0.3, 0.4) is 0 Å². The molecule has 1 aliphatic heterocycles. The lowest BCUT2D eigenvalue weighted by atomic mass is 9.66. The van der Waals surface area contributed by atoms with Crippen LogP contribution in [0.25, 0.3) is 0 Å². The molecular formula is C28H29ClF3N3O2. The molecule has 2 aromatic rings. The van der Waals surface area contributed by atoms with E-state index in [2.05, 4.69) is 10.3 Å². The Hall–Kier alpha value is -3.13. The maximum atomic E-state index is 13.7. The van der Waals surface area contributed by atoms with Gasteiger partial charge >= 0.3 is 6.18 Å². The molecule has 1 N–H and O–H groups in total. The van der Waals surface area contributed by atoms with E-state index in [-0.39, 0.29) is 21.9 Å². The topological polar surface area (TPSA) is 61.8 Å². The average Bonchev–Trinajstić information content (AvgIpc) is 2.78. The van der Waals surface area contributed by atoms with Crippen molar-refractivity contribution in [2.24, 2.45) is 16.3 Å². The third-order valence-corrected chi connectivity index (χ3v) is 7.23. The van der Waals surface area contributed by atoms with Crippen molar-refractivity contribution in [3.8, 4) is 0 Å². The second-order valence-electron chi connectivity index (χ2n) is 10.7. The lowest BCUT2D eigenvalue weighted by Crippen LogP contribution is -2.41. The lowest BCUT2D eigenvalue weighted by molar-refractivity contribution is -0.137. The molecular weight excluding hydrogens is 503 g/mol. The van der Waals surface area contributed by atoms with E-state index < -0.39 is 29.5 Å². The normalized spacial score (nSPS) is 21.3. The van der Waals surface area contributed by atoms with Gasteiger partial charge in [-0.1, -0.05) is 37.6 Å². The molecule has 37 heavy (non-hydrogen) atoms. The number of aliphatic imine (C=N–C) groups is 1. The molecule has 9 heteroatoms. The first kappa shape index (κ1) is 26.9. The molecule has 0 fully saturated rings. The van der Waals surface area contributed by atoms with Crippen molar-refractivity contribution < 1.29 is 22.8 Å². The van der Waals surface area contributed by atoms with Crippen molar-refractivity contribution in [2.75, 3.05) is 24.3 Å². The van der Waals surface area contributed by atoms with Gasteiger partial charge in [-0.25, -0.2) is 0 Å². The van der Waals surface area contributed by atoms with Gasteiger partial charge in [0.25, 0.3) is 0 Å². The van der Waals surface area contributed by atoms with Crippen molar-refractivity contribution >= 4 is 40.4 Å². The Kier molecular flexibility index (Phi) is 7.01. The Morgan fingerprint density at radius 3 is 2.35 bits per heavy atom. The van der Waals surface area contributed by atoms with Crippen LogP contribution in [-0.2, 0) is 15.8 Å². The van der Waals surface area contributed by atoms with Gasteiger partial charge in [-0.3, -0.25) is 14.6 Å². The zero-order valence-electron chi connectivity index (χ0n) is 21.3. The first-order valence-corrected chi connectivity index (χ1v) is 12.3. The molecule has 1 amide bonds. The molecule has 1 heterocycles. The lowest BCUT2D eigenvalue weighted by Gasteiger charge is -2.39. The van der Waals surface area contributed by atoms with E-state index in [4.69, 9.17) is 11.6 Å². The van der Waals surface area contributed by atoms with Crippen molar-refractivity contribution in [1.82, 2.24) is 0 Å². The van der Waals surface area contributed by atoms with Crippen LogP contribution in [0.2, 0.25) is 5.02 Å². The van der Waals surface area contributed by atoms with E-state index in [1.165, 1.54) is 0 Å². The maximum Gasteiger partial charge on any atom is 0.416 e. The molecule has 1 aliphatic carbocycles. The molecule has 2 aliphatic rings. The van der Waals surface area contributed by atoms with Crippen molar-refractivity contribution in [3.63, 3.8) is 0 Å². The quantitative estimate of drug-likeness (QED) is 0.468. The second-order valence-corrected chi connectivity index (χ2v) is 11.1. The van der Waals surface area contributed by atoms with E-state index in [1.807, 2.05) is 57.1 Å². The fourth-order valence-corrected chi connectivity index (χ4v) is 5.30. The van der Waals surface area contributed by atoms with Crippen molar-refractivity contribution in [2.45, 2.75) is 45.7 Å². The van der Waals surface area contributed by atoms with Crippen LogP contribution >= 0.6 is 11.6 Å². The summed E-state index contributed by atoms with van der Waals surface area (Å²) in [7, 11) is 3.82. The van der Waals surface area contributed by atoms with Gasteiger partial charge in [0.15, 0.2) is 5.78 Å². The summed E-state index contributed by atoms with van der Waals surface area (Å²) in [5.41, 5.74) is 2.03. The highest BCUT2D eigenvalue weighted by atomic mass is 35.5. The minimum Gasteiger partial charge on any atom is -0.378 e.